The van der Waals surface area contributed by atoms with Gasteiger partial charge in [0.15, 0.2) is 11.6 Å². The van der Waals surface area contributed by atoms with Crippen molar-refractivity contribution in [1.82, 2.24) is 0 Å². The van der Waals surface area contributed by atoms with Crippen LogP contribution in [0.5, 0.6) is 0 Å². The first kappa shape index (κ1) is 11.4. The third-order valence-electron chi connectivity index (χ3n) is 1.95. The normalized spacial score (nSPS) is 12.9. The second kappa shape index (κ2) is 5.27. The zero-order chi connectivity index (χ0) is 10.6. The number of hydrogen-bond donors (Lipinski definition) is 1. The highest BCUT2D eigenvalue weighted by Gasteiger charge is 2.14. The Labute approximate surface area is 86.3 Å². The van der Waals surface area contributed by atoms with Crippen molar-refractivity contribution in [3.63, 3.8) is 0 Å². The maximum Gasteiger partial charge on any atom is 0.164 e. The van der Waals surface area contributed by atoms with Gasteiger partial charge in [-0.05, 0) is 18.9 Å². The maximum atomic E-state index is 13.1. The van der Waals surface area contributed by atoms with E-state index in [1.54, 1.807) is 0 Å². The fourth-order valence-electron chi connectivity index (χ4n) is 1.20. The van der Waals surface area contributed by atoms with Crippen molar-refractivity contribution in [2.45, 2.75) is 18.9 Å². The highest BCUT2D eigenvalue weighted by molar-refractivity contribution is 6.17. The molecule has 0 amide bonds. The first-order chi connectivity index (χ1) is 6.66. The van der Waals surface area contributed by atoms with Gasteiger partial charge in [0.25, 0.3) is 0 Å². The molecule has 0 aliphatic heterocycles. The zero-order valence-corrected chi connectivity index (χ0v) is 8.27. The Balaban J connectivity index is 2.79. The van der Waals surface area contributed by atoms with Gasteiger partial charge in [0, 0.05) is 11.4 Å². The number of aliphatic hydroxyl groups is 1. The molecule has 0 fully saturated rings. The maximum absolute atomic E-state index is 13.1. The average Bonchev–Trinajstić information content (AvgIpc) is 2.18. The minimum atomic E-state index is -0.982. The summed E-state index contributed by atoms with van der Waals surface area (Å²) < 4.78 is 25.9. The summed E-state index contributed by atoms with van der Waals surface area (Å²) in [6, 6.07) is 3.77. The summed E-state index contributed by atoms with van der Waals surface area (Å²) in [6.07, 6.45) is -0.0767. The van der Waals surface area contributed by atoms with E-state index in [9.17, 15) is 13.9 Å². The molecule has 0 saturated heterocycles. The lowest BCUT2D eigenvalue weighted by atomic mass is 10.0. The zero-order valence-electron chi connectivity index (χ0n) is 7.51. The van der Waals surface area contributed by atoms with Crippen molar-refractivity contribution < 1.29 is 13.9 Å². The molecule has 0 aliphatic rings. The number of rotatable bonds is 4. The molecule has 0 heterocycles. The van der Waals surface area contributed by atoms with E-state index in [0.29, 0.717) is 18.7 Å². The van der Waals surface area contributed by atoms with Crippen molar-refractivity contribution in [1.29, 1.82) is 0 Å². The molecule has 0 bridgehead atoms. The van der Waals surface area contributed by atoms with E-state index in [0.717, 1.165) is 6.07 Å². The molecule has 0 aliphatic carbocycles. The molecule has 1 aromatic carbocycles. The molecule has 1 nitrogen and oxygen atoms in total. The molecule has 0 radical (unpaired) electrons. The van der Waals surface area contributed by atoms with E-state index < -0.39 is 17.7 Å². The van der Waals surface area contributed by atoms with Gasteiger partial charge in [0.2, 0.25) is 0 Å². The van der Waals surface area contributed by atoms with E-state index in [1.165, 1.54) is 12.1 Å². The third kappa shape index (κ3) is 2.66. The van der Waals surface area contributed by atoms with Crippen LogP contribution in [-0.4, -0.2) is 11.0 Å². The number of hydrogen-bond acceptors (Lipinski definition) is 1. The quantitative estimate of drug-likeness (QED) is 0.774. The fourth-order valence-corrected chi connectivity index (χ4v) is 1.36. The van der Waals surface area contributed by atoms with Crippen LogP contribution in [0.2, 0.25) is 0 Å². The van der Waals surface area contributed by atoms with Crippen molar-refractivity contribution in [2.75, 3.05) is 5.88 Å². The standard InChI is InChI=1S/C10H11ClF2O/c11-6-2-5-9(14)7-3-1-4-8(12)10(7)13/h1,3-4,9,14H,2,5-6H2. The van der Waals surface area contributed by atoms with E-state index in [1.807, 2.05) is 0 Å². The van der Waals surface area contributed by atoms with Gasteiger partial charge in [0.1, 0.15) is 0 Å². The molecule has 1 N–H and O–H groups in total. The van der Waals surface area contributed by atoms with Gasteiger partial charge in [-0.3, -0.25) is 0 Å². The van der Waals surface area contributed by atoms with Crippen LogP contribution in [0.4, 0.5) is 8.78 Å². The minimum Gasteiger partial charge on any atom is -0.388 e. The smallest absolute Gasteiger partial charge is 0.164 e. The Hall–Kier alpha value is -0.670. The largest absolute Gasteiger partial charge is 0.388 e. The van der Waals surface area contributed by atoms with Crippen LogP contribution in [0, 0.1) is 11.6 Å². The summed E-state index contributed by atoms with van der Waals surface area (Å²) in [5.74, 6) is -1.52. The Morgan fingerprint density at radius 2 is 2.07 bits per heavy atom. The monoisotopic (exact) mass is 220 g/mol. The Morgan fingerprint density at radius 3 is 2.71 bits per heavy atom. The van der Waals surface area contributed by atoms with Crippen molar-refractivity contribution in [3.8, 4) is 0 Å². The summed E-state index contributed by atoms with van der Waals surface area (Å²) in [5, 5.41) is 9.49. The van der Waals surface area contributed by atoms with Crippen LogP contribution in [0.3, 0.4) is 0 Å². The molecule has 1 aromatic rings. The van der Waals surface area contributed by atoms with Crippen molar-refractivity contribution in [2.24, 2.45) is 0 Å². The van der Waals surface area contributed by atoms with E-state index >= 15 is 0 Å². The molecule has 0 saturated carbocycles. The average molecular weight is 221 g/mol. The molecule has 14 heavy (non-hydrogen) atoms. The second-order valence-electron chi connectivity index (χ2n) is 2.99. The van der Waals surface area contributed by atoms with Gasteiger partial charge in [-0.2, -0.15) is 0 Å². The van der Waals surface area contributed by atoms with Gasteiger partial charge in [0.05, 0.1) is 6.10 Å². The van der Waals surface area contributed by atoms with Crippen LogP contribution in [0.25, 0.3) is 0 Å². The Bertz CT molecular complexity index is 304. The van der Waals surface area contributed by atoms with Crippen LogP contribution >= 0.6 is 11.6 Å². The van der Waals surface area contributed by atoms with Gasteiger partial charge < -0.3 is 5.11 Å². The highest BCUT2D eigenvalue weighted by atomic mass is 35.5. The SMILES string of the molecule is OC(CCCCl)c1cccc(F)c1F. The van der Waals surface area contributed by atoms with E-state index in [2.05, 4.69) is 0 Å². The topological polar surface area (TPSA) is 20.2 Å². The fraction of sp³-hybridized carbons (Fsp3) is 0.400. The van der Waals surface area contributed by atoms with E-state index in [4.69, 9.17) is 11.6 Å². The Morgan fingerprint density at radius 1 is 1.36 bits per heavy atom. The first-order valence-electron chi connectivity index (χ1n) is 4.34. The third-order valence-corrected chi connectivity index (χ3v) is 2.22. The molecule has 1 rings (SSSR count). The highest BCUT2D eigenvalue weighted by Crippen LogP contribution is 2.22. The lowest BCUT2D eigenvalue weighted by molar-refractivity contribution is 0.161. The summed E-state index contributed by atoms with van der Waals surface area (Å²) in [6.45, 7) is 0. The predicted molar refractivity (Wildman–Crippen MR) is 51.3 cm³/mol. The lowest BCUT2D eigenvalue weighted by Gasteiger charge is -2.10. The molecule has 0 spiro atoms. The molecule has 1 atom stereocenters. The van der Waals surface area contributed by atoms with Crippen molar-refractivity contribution >= 4 is 11.6 Å². The lowest BCUT2D eigenvalue weighted by Crippen LogP contribution is -2.02. The summed E-state index contributed by atoms with van der Waals surface area (Å²) in [7, 11) is 0. The van der Waals surface area contributed by atoms with Gasteiger partial charge >= 0.3 is 0 Å². The van der Waals surface area contributed by atoms with Gasteiger partial charge in [-0.1, -0.05) is 12.1 Å². The van der Waals surface area contributed by atoms with Crippen LogP contribution in [0.1, 0.15) is 24.5 Å². The van der Waals surface area contributed by atoms with Crippen LogP contribution in [-0.2, 0) is 0 Å². The summed E-state index contributed by atoms with van der Waals surface area (Å²) >= 11 is 5.43. The van der Waals surface area contributed by atoms with Gasteiger partial charge in [-0.25, -0.2) is 8.78 Å². The first-order valence-corrected chi connectivity index (χ1v) is 4.88. The van der Waals surface area contributed by atoms with Crippen LogP contribution in [0.15, 0.2) is 18.2 Å². The number of benzene rings is 1. The molecule has 0 aromatic heterocycles. The minimum absolute atomic E-state index is 0.00452. The molecule has 1 unspecified atom stereocenters. The van der Waals surface area contributed by atoms with Crippen LogP contribution < -0.4 is 0 Å². The summed E-state index contributed by atoms with van der Waals surface area (Å²) in [4.78, 5) is 0. The molecular formula is C10H11ClF2O. The number of alkyl halides is 1. The number of aliphatic hydroxyl groups excluding tert-OH is 1. The second-order valence-corrected chi connectivity index (χ2v) is 3.37. The molecular weight excluding hydrogens is 210 g/mol. The summed E-state index contributed by atoms with van der Waals surface area (Å²) in [5.41, 5.74) is -0.00452. The predicted octanol–water partition coefficient (Wildman–Crippen LogP) is 3.02. The number of halogens is 3. The van der Waals surface area contributed by atoms with Gasteiger partial charge in [-0.15, -0.1) is 11.6 Å². The van der Waals surface area contributed by atoms with Crippen molar-refractivity contribution in [3.05, 3.63) is 35.4 Å². The molecule has 78 valence electrons. The molecule has 4 heteroatoms. The van der Waals surface area contributed by atoms with E-state index in [-0.39, 0.29) is 5.56 Å². The Kier molecular flexibility index (Phi) is 4.29.